The molecule has 5 nitrogen and oxygen atoms in total. The summed E-state index contributed by atoms with van der Waals surface area (Å²) in [7, 11) is -4.07. The zero-order chi connectivity index (χ0) is 21.6. The van der Waals surface area contributed by atoms with Gasteiger partial charge in [-0.3, -0.25) is 0 Å². The minimum absolute atomic E-state index is 0.00561. The number of nitrogens with one attached hydrogen (secondary N) is 1. The van der Waals surface area contributed by atoms with Crippen LogP contribution in [0, 0.1) is 5.82 Å². The Morgan fingerprint density at radius 3 is 2.28 bits per heavy atom. The molecule has 1 unspecified atom stereocenters. The van der Waals surface area contributed by atoms with E-state index >= 15 is 0 Å². The van der Waals surface area contributed by atoms with Crippen LogP contribution in [0.3, 0.4) is 0 Å². The predicted molar refractivity (Wildman–Crippen MR) is 97.7 cm³/mol. The Balaban J connectivity index is 1.92. The van der Waals surface area contributed by atoms with Gasteiger partial charge in [-0.25, -0.2) is 17.9 Å². The molecule has 2 aromatic rings. The van der Waals surface area contributed by atoms with E-state index in [4.69, 9.17) is 5.14 Å². The average Bonchev–Trinajstić information content (AvgIpc) is 2.59. The molecule has 2 aromatic carbocycles. The molecule has 0 aliphatic carbocycles. The largest absolute Gasteiger partial charge is 0.416 e. The lowest BCUT2D eigenvalue weighted by Gasteiger charge is -2.41. The molecule has 0 bridgehead atoms. The molecule has 0 amide bonds. The first-order valence-electron chi connectivity index (χ1n) is 8.78. The molecular weight excluding hydrogens is 412 g/mol. The number of hydrogen-bond donors (Lipinski definition) is 3. The van der Waals surface area contributed by atoms with Crippen molar-refractivity contribution in [1.29, 1.82) is 0 Å². The monoisotopic (exact) mass is 432 g/mol. The highest BCUT2D eigenvalue weighted by molar-refractivity contribution is 7.89. The van der Waals surface area contributed by atoms with Crippen LogP contribution in [0.1, 0.15) is 42.5 Å². The maximum absolute atomic E-state index is 14.6. The van der Waals surface area contributed by atoms with E-state index in [-0.39, 0.29) is 29.3 Å². The molecule has 1 aliphatic rings. The Morgan fingerprint density at radius 2 is 1.76 bits per heavy atom. The van der Waals surface area contributed by atoms with Gasteiger partial charge in [-0.05, 0) is 49.6 Å². The molecule has 158 valence electrons. The molecule has 4 N–H and O–H groups in total. The topological polar surface area (TPSA) is 92.4 Å². The summed E-state index contributed by atoms with van der Waals surface area (Å²) in [6.07, 6.45) is -4.28. The third-order valence-electron chi connectivity index (χ3n) is 5.10. The Bertz CT molecular complexity index is 1010. The van der Waals surface area contributed by atoms with Crippen LogP contribution in [0.5, 0.6) is 0 Å². The molecular formula is C19H20F4N2O3S. The molecule has 10 heteroatoms. The fourth-order valence-electron chi connectivity index (χ4n) is 3.76. The van der Waals surface area contributed by atoms with Crippen LogP contribution in [0.4, 0.5) is 17.6 Å². The van der Waals surface area contributed by atoms with Crippen LogP contribution >= 0.6 is 0 Å². The van der Waals surface area contributed by atoms with Gasteiger partial charge >= 0.3 is 6.18 Å². The van der Waals surface area contributed by atoms with Crippen molar-refractivity contribution in [3.8, 4) is 0 Å². The van der Waals surface area contributed by atoms with E-state index in [0.717, 1.165) is 18.2 Å². The highest BCUT2D eigenvalue weighted by atomic mass is 32.2. The second-order valence-corrected chi connectivity index (χ2v) is 8.92. The third kappa shape index (κ3) is 4.61. The van der Waals surface area contributed by atoms with Crippen LogP contribution in [0.15, 0.2) is 47.4 Å². The van der Waals surface area contributed by atoms with Gasteiger partial charge in [0.25, 0.3) is 0 Å². The van der Waals surface area contributed by atoms with Crippen molar-refractivity contribution in [2.45, 2.75) is 48.5 Å². The first-order valence-corrected chi connectivity index (χ1v) is 10.3. The SMILES string of the molecule is C[C@H]1CC(O)(c2ccc(C(F)(F)F)cc2)C[C@@H](c2ccc(S(N)(=O)=O)cc2F)N1. The van der Waals surface area contributed by atoms with Gasteiger partial charge in [0.2, 0.25) is 10.0 Å². The van der Waals surface area contributed by atoms with Crippen LogP contribution in [-0.2, 0) is 21.8 Å². The van der Waals surface area contributed by atoms with Crippen LogP contribution in [-0.4, -0.2) is 19.6 Å². The van der Waals surface area contributed by atoms with Crippen molar-refractivity contribution < 1.29 is 31.1 Å². The molecule has 0 spiro atoms. The van der Waals surface area contributed by atoms with Crippen molar-refractivity contribution in [3.63, 3.8) is 0 Å². The predicted octanol–water partition coefficient (Wildman–Crippen LogP) is 3.19. The molecule has 0 saturated carbocycles. The van der Waals surface area contributed by atoms with E-state index in [9.17, 15) is 31.1 Å². The first-order chi connectivity index (χ1) is 13.3. The van der Waals surface area contributed by atoms with Crippen molar-refractivity contribution >= 4 is 10.0 Å². The second kappa shape index (κ2) is 7.35. The van der Waals surface area contributed by atoms with Crippen molar-refractivity contribution in [2.24, 2.45) is 5.14 Å². The maximum atomic E-state index is 14.6. The van der Waals surface area contributed by atoms with Gasteiger partial charge in [-0.15, -0.1) is 0 Å². The van der Waals surface area contributed by atoms with Gasteiger partial charge in [-0.1, -0.05) is 18.2 Å². The zero-order valence-electron chi connectivity index (χ0n) is 15.4. The number of aliphatic hydroxyl groups is 1. The summed E-state index contributed by atoms with van der Waals surface area (Å²) in [6, 6.07) is 6.54. The molecule has 3 atom stereocenters. The summed E-state index contributed by atoms with van der Waals surface area (Å²) in [5.41, 5.74) is -1.88. The van der Waals surface area contributed by atoms with E-state index in [1.165, 1.54) is 24.3 Å². The van der Waals surface area contributed by atoms with Gasteiger partial charge in [0.1, 0.15) is 5.82 Å². The summed E-state index contributed by atoms with van der Waals surface area (Å²) in [4.78, 5) is -0.374. The number of alkyl halides is 3. The summed E-state index contributed by atoms with van der Waals surface area (Å²) >= 11 is 0. The fraction of sp³-hybridized carbons (Fsp3) is 0.368. The highest BCUT2D eigenvalue weighted by Gasteiger charge is 2.40. The Hall–Kier alpha value is -2.01. The lowest BCUT2D eigenvalue weighted by atomic mass is 9.77. The zero-order valence-corrected chi connectivity index (χ0v) is 16.2. The van der Waals surface area contributed by atoms with E-state index in [1.54, 1.807) is 6.92 Å². The van der Waals surface area contributed by atoms with E-state index < -0.39 is 39.2 Å². The van der Waals surface area contributed by atoms with Gasteiger partial charge in [0.05, 0.1) is 16.1 Å². The molecule has 1 fully saturated rings. The number of rotatable bonds is 3. The van der Waals surface area contributed by atoms with Crippen LogP contribution < -0.4 is 10.5 Å². The van der Waals surface area contributed by atoms with Crippen LogP contribution in [0.25, 0.3) is 0 Å². The standard InChI is InChI=1S/C19H20F4N2O3S/c1-11-9-18(26,12-2-4-13(5-3-12)19(21,22)23)10-17(25-11)15-7-6-14(8-16(15)20)29(24,27)28/h2-8,11,17,25-26H,9-10H2,1H3,(H2,24,27,28)/t11-,17-,18?/m0/s1. The van der Waals surface area contributed by atoms with E-state index in [0.29, 0.717) is 5.56 Å². The Morgan fingerprint density at radius 1 is 1.14 bits per heavy atom. The average molecular weight is 432 g/mol. The molecule has 0 aromatic heterocycles. The summed E-state index contributed by atoms with van der Waals surface area (Å²) in [6.45, 7) is 1.76. The van der Waals surface area contributed by atoms with E-state index in [2.05, 4.69) is 5.32 Å². The van der Waals surface area contributed by atoms with E-state index in [1.807, 2.05) is 0 Å². The molecule has 29 heavy (non-hydrogen) atoms. The third-order valence-corrected chi connectivity index (χ3v) is 6.01. The number of halogens is 4. The molecule has 1 aliphatic heterocycles. The van der Waals surface area contributed by atoms with Crippen molar-refractivity contribution in [2.75, 3.05) is 0 Å². The smallest absolute Gasteiger partial charge is 0.385 e. The fourth-order valence-corrected chi connectivity index (χ4v) is 4.29. The summed E-state index contributed by atoms with van der Waals surface area (Å²) < 4.78 is 75.7. The lowest BCUT2D eigenvalue weighted by Crippen LogP contribution is -2.47. The lowest BCUT2D eigenvalue weighted by molar-refractivity contribution is -0.137. The van der Waals surface area contributed by atoms with Crippen molar-refractivity contribution in [3.05, 3.63) is 65.0 Å². The maximum Gasteiger partial charge on any atom is 0.416 e. The number of hydrogen-bond acceptors (Lipinski definition) is 4. The summed E-state index contributed by atoms with van der Waals surface area (Å²) in [5, 5.41) is 19.3. The molecule has 0 radical (unpaired) electrons. The van der Waals surface area contributed by atoms with Gasteiger partial charge in [0, 0.05) is 17.6 Å². The number of primary sulfonamides is 1. The van der Waals surface area contributed by atoms with Gasteiger partial charge in [-0.2, -0.15) is 13.2 Å². The highest BCUT2D eigenvalue weighted by Crippen LogP contribution is 2.41. The number of sulfonamides is 1. The molecule has 3 rings (SSSR count). The minimum atomic E-state index is -4.49. The number of piperidine rings is 1. The molecule has 1 saturated heterocycles. The van der Waals surface area contributed by atoms with Gasteiger partial charge < -0.3 is 10.4 Å². The van der Waals surface area contributed by atoms with Crippen molar-refractivity contribution in [1.82, 2.24) is 5.32 Å². The quantitative estimate of drug-likeness (QED) is 0.650. The first kappa shape index (κ1) is 21.7. The van der Waals surface area contributed by atoms with Crippen LogP contribution in [0.2, 0.25) is 0 Å². The summed E-state index contributed by atoms with van der Waals surface area (Å²) in [5.74, 6) is -0.808. The molecule has 1 heterocycles. The Labute approximate surface area is 165 Å². The van der Waals surface area contributed by atoms with Gasteiger partial charge in [0.15, 0.2) is 0 Å². The Kier molecular flexibility index (Phi) is 5.50. The number of benzene rings is 2. The normalized spacial score (nSPS) is 25.8. The second-order valence-electron chi connectivity index (χ2n) is 7.36. The minimum Gasteiger partial charge on any atom is -0.385 e. The number of nitrogens with two attached hydrogens (primary N) is 1.